The van der Waals surface area contributed by atoms with Crippen LogP contribution >= 0.6 is 0 Å². The number of ether oxygens (including phenoxy) is 1. The third-order valence-corrected chi connectivity index (χ3v) is 8.43. The molecule has 3 fully saturated rings. The average molecular weight is 316 g/mol. The first-order chi connectivity index (χ1) is 10.9. The summed E-state index contributed by atoms with van der Waals surface area (Å²) in [5, 5.41) is 0. The van der Waals surface area contributed by atoms with E-state index >= 15 is 0 Å². The SMILES string of the molecule is CC(=O)O[C@H]1CC[C@@H]2[C@@H]3CC[C@H]4CC=CC[C@]4(C)[C@H]3CC[C@]12C. The van der Waals surface area contributed by atoms with Crippen molar-refractivity contribution in [2.24, 2.45) is 34.5 Å². The molecule has 4 aliphatic carbocycles. The van der Waals surface area contributed by atoms with Gasteiger partial charge in [0, 0.05) is 12.3 Å². The van der Waals surface area contributed by atoms with Gasteiger partial charge in [-0.05, 0) is 80.5 Å². The molecular weight excluding hydrogens is 284 g/mol. The molecule has 0 spiro atoms. The summed E-state index contributed by atoms with van der Waals surface area (Å²) in [5.74, 6) is 3.34. The van der Waals surface area contributed by atoms with Gasteiger partial charge >= 0.3 is 5.97 Å². The molecule has 2 nitrogen and oxygen atoms in total. The summed E-state index contributed by atoms with van der Waals surface area (Å²) in [4.78, 5) is 11.5. The fourth-order valence-electron chi connectivity index (χ4n) is 7.18. The molecule has 0 saturated heterocycles. The van der Waals surface area contributed by atoms with Crippen molar-refractivity contribution in [3.63, 3.8) is 0 Å². The van der Waals surface area contributed by atoms with Crippen LogP contribution in [0.3, 0.4) is 0 Å². The summed E-state index contributed by atoms with van der Waals surface area (Å²) in [6.45, 7) is 6.58. The van der Waals surface area contributed by atoms with E-state index in [9.17, 15) is 4.79 Å². The van der Waals surface area contributed by atoms with E-state index in [0.29, 0.717) is 5.41 Å². The van der Waals surface area contributed by atoms with Gasteiger partial charge in [0.1, 0.15) is 6.10 Å². The molecule has 0 aromatic carbocycles. The average Bonchev–Trinajstić information content (AvgIpc) is 2.83. The highest BCUT2D eigenvalue weighted by molar-refractivity contribution is 5.66. The summed E-state index contributed by atoms with van der Waals surface area (Å²) >= 11 is 0. The maximum Gasteiger partial charge on any atom is 0.302 e. The number of rotatable bonds is 1. The van der Waals surface area contributed by atoms with Crippen molar-refractivity contribution < 1.29 is 9.53 Å². The molecule has 0 aromatic heterocycles. The lowest BCUT2D eigenvalue weighted by atomic mass is 9.46. The summed E-state index contributed by atoms with van der Waals surface area (Å²) in [6.07, 6.45) is 15.4. The Kier molecular flexibility index (Phi) is 3.66. The van der Waals surface area contributed by atoms with Crippen LogP contribution in [0.5, 0.6) is 0 Å². The lowest BCUT2D eigenvalue weighted by Gasteiger charge is -2.59. The van der Waals surface area contributed by atoms with Gasteiger partial charge in [0.15, 0.2) is 0 Å². The molecule has 0 radical (unpaired) electrons. The molecule has 0 bridgehead atoms. The Morgan fingerprint density at radius 3 is 2.57 bits per heavy atom. The number of carbonyl (C=O) groups excluding carboxylic acids is 1. The number of allylic oxidation sites excluding steroid dienone is 2. The van der Waals surface area contributed by atoms with Gasteiger partial charge in [-0.2, -0.15) is 0 Å². The molecule has 3 saturated carbocycles. The Labute approximate surface area is 141 Å². The van der Waals surface area contributed by atoms with Gasteiger partial charge in [-0.1, -0.05) is 26.0 Å². The van der Waals surface area contributed by atoms with E-state index in [1.807, 2.05) is 0 Å². The van der Waals surface area contributed by atoms with Crippen LogP contribution in [0, 0.1) is 34.5 Å². The third-order valence-electron chi connectivity index (χ3n) is 8.43. The number of fused-ring (bicyclic) bond motifs is 5. The van der Waals surface area contributed by atoms with Crippen molar-refractivity contribution in [3.05, 3.63) is 12.2 Å². The Bertz CT molecular complexity index is 524. The lowest BCUT2D eigenvalue weighted by molar-refractivity contribution is -0.159. The summed E-state index contributed by atoms with van der Waals surface area (Å²) in [6, 6.07) is 0. The first kappa shape index (κ1) is 15.7. The third kappa shape index (κ3) is 2.23. The predicted octanol–water partition coefficient (Wildman–Crippen LogP) is 5.13. The molecular formula is C21H32O2. The minimum absolute atomic E-state index is 0.0907. The van der Waals surface area contributed by atoms with E-state index in [1.165, 1.54) is 44.9 Å². The largest absolute Gasteiger partial charge is 0.462 e. The maximum atomic E-state index is 11.5. The van der Waals surface area contributed by atoms with Crippen molar-refractivity contribution in [3.8, 4) is 0 Å². The second kappa shape index (κ2) is 5.36. The smallest absolute Gasteiger partial charge is 0.302 e. The van der Waals surface area contributed by atoms with Crippen LogP contribution in [-0.4, -0.2) is 12.1 Å². The van der Waals surface area contributed by atoms with Crippen LogP contribution in [0.15, 0.2) is 12.2 Å². The van der Waals surface area contributed by atoms with Crippen LogP contribution in [-0.2, 0) is 9.53 Å². The number of hydrogen-bond acceptors (Lipinski definition) is 2. The standard InChI is InChI=1S/C21H32O2/c1-14(22)23-19-10-9-17-16-8-7-15-6-4-5-12-20(15,2)18(16)11-13-21(17,19)3/h4-5,15-19H,6-13H2,1-3H3/t15-,16+,17-,18+,19+,20+,21+/m1/s1. The molecule has 23 heavy (non-hydrogen) atoms. The quantitative estimate of drug-likeness (QED) is 0.495. The molecule has 0 aliphatic heterocycles. The van der Waals surface area contributed by atoms with Gasteiger partial charge < -0.3 is 4.74 Å². The summed E-state index contributed by atoms with van der Waals surface area (Å²) < 4.78 is 5.75. The van der Waals surface area contributed by atoms with E-state index in [0.717, 1.165) is 30.1 Å². The Morgan fingerprint density at radius 1 is 1.00 bits per heavy atom. The monoisotopic (exact) mass is 316 g/mol. The number of carbonyl (C=O) groups is 1. The zero-order valence-electron chi connectivity index (χ0n) is 15.0. The molecule has 4 aliphatic rings. The van der Waals surface area contributed by atoms with Crippen molar-refractivity contribution in [1.29, 1.82) is 0 Å². The Hall–Kier alpha value is -0.790. The van der Waals surface area contributed by atoms with Gasteiger partial charge in [-0.15, -0.1) is 0 Å². The van der Waals surface area contributed by atoms with Crippen molar-refractivity contribution in [1.82, 2.24) is 0 Å². The molecule has 0 unspecified atom stereocenters. The number of esters is 1. The molecule has 7 atom stereocenters. The summed E-state index contributed by atoms with van der Waals surface area (Å²) in [7, 11) is 0. The van der Waals surface area contributed by atoms with E-state index in [-0.39, 0.29) is 17.5 Å². The lowest BCUT2D eigenvalue weighted by Crippen LogP contribution is -2.53. The fraction of sp³-hybridized carbons (Fsp3) is 0.857. The zero-order chi connectivity index (χ0) is 16.2. The first-order valence-electron chi connectivity index (χ1n) is 9.77. The minimum Gasteiger partial charge on any atom is -0.462 e. The van der Waals surface area contributed by atoms with Gasteiger partial charge in [-0.25, -0.2) is 0 Å². The second-order valence-corrected chi connectivity index (χ2v) is 9.29. The molecule has 2 heteroatoms. The van der Waals surface area contributed by atoms with Crippen LogP contribution in [0.1, 0.15) is 72.1 Å². The van der Waals surface area contributed by atoms with Crippen molar-refractivity contribution in [2.75, 3.05) is 0 Å². The summed E-state index contributed by atoms with van der Waals surface area (Å²) in [5.41, 5.74) is 0.763. The van der Waals surface area contributed by atoms with Crippen LogP contribution < -0.4 is 0 Å². The van der Waals surface area contributed by atoms with E-state index < -0.39 is 0 Å². The molecule has 0 N–H and O–H groups in total. The number of hydrogen-bond donors (Lipinski definition) is 0. The van der Waals surface area contributed by atoms with Gasteiger partial charge in [0.2, 0.25) is 0 Å². The highest BCUT2D eigenvalue weighted by Crippen LogP contribution is 2.65. The molecule has 0 amide bonds. The van der Waals surface area contributed by atoms with Crippen molar-refractivity contribution >= 4 is 5.97 Å². The van der Waals surface area contributed by atoms with E-state index in [4.69, 9.17) is 4.74 Å². The molecule has 4 rings (SSSR count). The van der Waals surface area contributed by atoms with Gasteiger partial charge in [0.05, 0.1) is 0 Å². The second-order valence-electron chi connectivity index (χ2n) is 9.29. The molecule has 0 heterocycles. The van der Waals surface area contributed by atoms with Gasteiger partial charge in [0.25, 0.3) is 0 Å². The minimum atomic E-state index is -0.0907. The Morgan fingerprint density at radius 2 is 1.78 bits per heavy atom. The van der Waals surface area contributed by atoms with Crippen LogP contribution in [0.4, 0.5) is 0 Å². The normalized spacial score (nSPS) is 51.5. The maximum absolute atomic E-state index is 11.5. The topological polar surface area (TPSA) is 26.3 Å². The Balaban J connectivity index is 1.60. The zero-order valence-corrected chi connectivity index (χ0v) is 15.0. The predicted molar refractivity (Wildman–Crippen MR) is 91.8 cm³/mol. The van der Waals surface area contributed by atoms with Crippen molar-refractivity contribution in [2.45, 2.75) is 78.2 Å². The van der Waals surface area contributed by atoms with Gasteiger partial charge in [-0.3, -0.25) is 4.79 Å². The first-order valence-corrected chi connectivity index (χ1v) is 9.77. The highest BCUT2D eigenvalue weighted by Gasteiger charge is 2.60. The highest BCUT2D eigenvalue weighted by atomic mass is 16.5. The van der Waals surface area contributed by atoms with Crippen LogP contribution in [0.25, 0.3) is 0 Å². The fourth-order valence-corrected chi connectivity index (χ4v) is 7.18. The molecule has 128 valence electrons. The molecule has 0 aromatic rings. The van der Waals surface area contributed by atoms with Crippen LogP contribution in [0.2, 0.25) is 0 Å². The van der Waals surface area contributed by atoms with E-state index in [2.05, 4.69) is 26.0 Å². The van der Waals surface area contributed by atoms with E-state index in [1.54, 1.807) is 6.92 Å².